The lowest BCUT2D eigenvalue weighted by atomic mass is 9.94. The largest absolute Gasteiger partial charge is 0.456 e. The van der Waals surface area contributed by atoms with E-state index in [0.717, 1.165) is 50.5 Å². The first-order valence-corrected chi connectivity index (χ1v) is 11.2. The molecular formula is C29H22N4O. The molecule has 1 aliphatic rings. The van der Waals surface area contributed by atoms with Crippen molar-refractivity contribution < 1.29 is 4.74 Å². The number of pyridine rings is 2. The predicted molar refractivity (Wildman–Crippen MR) is 137 cm³/mol. The smallest absolute Gasteiger partial charge is 0.141 e. The van der Waals surface area contributed by atoms with Crippen LogP contribution in [-0.4, -0.2) is 9.97 Å². The number of aromatic nitrogens is 2. The number of para-hydroxylation sites is 2. The fourth-order valence-corrected chi connectivity index (χ4v) is 4.46. The van der Waals surface area contributed by atoms with Crippen LogP contribution in [0.25, 0.3) is 16.8 Å². The molecule has 0 saturated heterocycles. The Morgan fingerprint density at radius 1 is 0.735 bits per heavy atom. The highest BCUT2D eigenvalue weighted by molar-refractivity contribution is 6.06. The summed E-state index contributed by atoms with van der Waals surface area (Å²) in [5.41, 5.74) is 5.45. The van der Waals surface area contributed by atoms with Gasteiger partial charge in [-0.15, -0.1) is 0 Å². The van der Waals surface area contributed by atoms with Crippen molar-refractivity contribution in [2.24, 2.45) is 0 Å². The molecular weight excluding hydrogens is 420 g/mol. The molecule has 0 fully saturated rings. The average molecular weight is 443 g/mol. The Morgan fingerprint density at radius 3 is 2.12 bits per heavy atom. The van der Waals surface area contributed by atoms with E-state index in [9.17, 15) is 0 Å². The molecule has 6 rings (SSSR count). The van der Waals surface area contributed by atoms with E-state index in [1.165, 1.54) is 0 Å². The van der Waals surface area contributed by atoms with Gasteiger partial charge in [0.05, 0.1) is 5.69 Å². The summed E-state index contributed by atoms with van der Waals surface area (Å²) >= 11 is 0. The summed E-state index contributed by atoms with van der Waals surface area (Å²) in [5, 5.41) is 5.40. The molecule has 0 unspecified atom stereocenters. The molecule has 0 bridgehead atoms. The van der Waals surface area contributed by atoms with E-state index in [4.69, 9.17) is 4.74 Å². The van der Waals surface area contributed by atoms with E-state index in [1.807, 2.05) is 48.9 Å². The van der Waals surface area contributed by atoms with Crippen molar-refractivity contribution in [3.8, 4) is 11.5 Å². The second-order valence-electron chi connectivity index (χ2n) is 8.00. The Hall–Kier alpha value is -4.64. The molecule has 0 spiro atoms. The maximum Gasteiger partial charge on any atom is 0.141 e. The van der Waals surface area contributed by atoms with Crippen LogP contribution < -0.4 is 15.0 Å². The number of anilines is 3. The number of fused-ring (bicyclic) bond motifs is 2. The summed E-state index contributed by atoms with van der Waals surface area (Å²) in [6, 6.07) is 26.7. The molecule has 3 aromatic carbocycles. The van der Waals surface area contributed by atoms with Crippen LogP contribution in [-0.2, 0) is 6.54 Å². The quantitative estimate of drug-likeness (QED) is 0.319. The molecule has 2 aromatic heterocycles. The van der Waals surface area contributed by atoms with E-state index in [1.54, 1.807) is 12.4 Å². The zero-order valence-corrected chi connectivity index (χ0v) is 18.4. The van der Waals surface area contributed by atoms with Gasteiger partial charge in [0.15, 0.2) is 0 Å². The number of rotatable bonds is 5. The third-order valence-corrected chi connectivity index (χ3v) is 5.94. The van der Waals surface area contributed by atoms with E-state index in [0.29, 0.717) is 6.54 Å². The average Bonchev–Trinajstić information content (AvgIpc) is 2.92. The Labute approximate surface area is 198 Å². The topological polar surface area (TPSA) is 50.3 Å². The zero-order chi connectivity index (χ0) is 22.7. The monoisotopic (exact) mass is 442 g/mol. The molecule has 34 heavy (non-hydrogen) atoms. The third-order valence-electron chi connectivity index (χ3n) is 5.94. The summed E-state index contributed by atoms with van der Waals surface area (Å²) in [6.45, 7) is 0.662. The standard InChI is InChI=1S/C29H22N4O/c1-3-7-21(8-4-1)33(22-9-5-2-6-10-22)28-24-13-17-32-20-27(24)29(25-14-18-31-19-26(25)28)34-23-11-15-30-16-12-23/h1-19,32H,20H2. The highest BCUT2D eigenvalue weighted by Gasteiger charge is 2.26. The number of ether oxygens (including phenoxy) is 1. The van der Waals surface area contributed by atoms with Crippen molar-refractivity contribution in [2.45, 2.75) is 6.54 Å². The summed E-state index contributed by atoms with van der Waals surface area (Å²) < 4.78 is 6.48. The van der Waals surface area contributed by atoms with Crippen LogP contribution in [0.4, 0.5) is 17.1 Å². The van der Waals surface area contributed by atoms with E-state index in [-0.39, 0.29) is 0 Å². The van der Waals surface area contributed by atoms with E-state index < -0.39 is 0 Å². The molecule has 5 nitrogen and oxygen atoms in total. The zero-order valence-electron chi connectivity index (χ0n) is 18.4. The molecule has 164 valence electrons. The number of nitrogens with zero attached hydrogens (tertiary/aromatic N) is 3. The van der Waals surface area contributed by atoms with Gasteiger partial charge in [0.25, 0.3) is 0 Å². The van der Waals surface area contributed by atoms with Gasteiger partial charge in [-0.3, -0.25) is 9.97 Å². The van der Waals surface area contributed by atoms with Crippen molar-refractivity contribution in [2.75, 3.05) is 4.90 Å². The Morgan fingerprint density at radius 2 is 1.41 bits per heavy atom. The third kappa shape index (κ3) is 3.53. The normalized spacial score (nSPS) is 12.1. The highest BCUT2D eigenvalue weighted by Crippen LogP contribution is 2.48. The maximum absolute atomic E-state index is 6.48. The number of hydrogen-bond acceptors (Lipinski definition) is 5. The number of nitrogens with one attached hydrogen (secondary N) is 1. The van der Waals surface area contributed by atoms with Crippen molar-refractivity contribution >= 4 is 33.9 Å². The summed E-state index contributed by atoms with van der Waals surface area (Å²) in [4.78, 5) is 10.9. The number of hydrogen-bond donors (Lipinski definition) is 1. The lowest BCUT2D eigenvalue weighted by Crippen LogP contribution is -2.18. The Kier molecular flexibility index (Phi) is 5.13. The second kappa shape index (κ2) is 8.71. The van der Waals surface area contributed by atoms with Crippen molar-refractivity contribution in [1.82, 2.24) is 15.3 Å². The second-order valence-corrected chi connectivity index (χ2v) is 8.00. The van der Waals surface area contributed by atoms with Gasteiger partial charge in [0, 0.05) is 64.6 Å². The minimum absolute atomic E-state index is 0.662. The molecule has 3 heterocycles. The Bertz CT molecular complexity index is 1430. The molecule has 1 aliphatic heterocycles. The maximum atomic E-state index is 6.48. The van der Waals surface area contributed by atoms with Crippen LogP contribution in [0.2, 0.25) is 0 Å². The molecule has 0 saturated carbocycles. The van der Waals surface area contributed by atoms with Crippen molar-refractivity contribution in [3.05, 3.63) is 121 Å². The fourth-order valence-electron chi connectivity index (χ4n) is 4.46. The first-order chi connectivity index (χ1) is 16.9. The first kappa shape index (κ1) is 20.0. The fraction of sp³-hybridized carbons (Fsp3) is 0.0345. The molecule has 5 heteroatoms. The predicted octanol–water partition coefficient (Wildman–Crippen LogP) is 6.97. The lowest BCUT2D eigenvalue weighted by Gasteiger charge is -2.31. The minimum Gasteiger partial charge on any atom is -0.456 e. The van der Waals surface area contributed by atoms with Gasteiger partial charge in [-0.1, -0.05) is 36.4 Å². The lowest BCUT2D eigenvalue weighted by molar-refractivity contribution is 0.479. The molecule has 1 N–H and O–H groups in total. The van der Waals surface area contributed by atoms with Crippen LogP contribution in [0.15, 0.2) is 110 Å². The minimum atomic E-state index is 0.662. The first-order valence-electron chi connectivity index (χ1n) is 11.2. The van der Waals surface area contributed by atoms with Crippen LogP contribution in [0.3, 0.4) is 0 Å². The summed E-state index contributed by atoms with van der Waals surface area (Å²) in [5.74, 6) is 1.58. The summed E-state index contributed by atoms with van der Waals surface area (Å²) in [6.07, 6.45) is 11.4. The van der Waals surface area contributed by atoms with Crippen LogP contribution in [0, 0.1) is 0 Å². The van der Waals surface area contributed by atoms with Gasteiger partial charge in [-0.25, -0.2) is 0 Å². The van der Waals surface area contributed by atoms with Gasteiger partial charge in [-0.2, -0.15) is 0 Å². The van der Waals surface area contributed by atoms with Gasteiger partial charge in [0.2, 0.25) is 0 Å². The molecule has 0 aliphatic carbocycles. The van der Waals surface area contributed by atoms with Crippen LogP contribution in [0.1, 0.15) is 11.1 Å². The van der Waals surface area contributed by atoms with Crippen LogP contribution in [0.5, 0.6) is 11.5 Å². The molecule has 0 atom stereocenters. The molecule has 0 radical (unpaired) electrons. The molecule has 0 amide bonds. The molecule has 5 aromatic rings. The van der Waals surface area contributed by atoms with Crippen molar-refractivity contribution in [3.63, 3.8) is 0 Å². The van der Waals surface area contributed by atoms with Crippen LogP contribution >= 0.6 is 0 Å². The van der Waals surface area contributed by atoms with Gasteiger partial charge < -0.3 is 15.0 Å². The van der Waals surface area contributed by atoms with E-state index >= 15 is 0 Å². The Balaban J connectivity index is 1.67. The number of benzene rings is 3. The van der Waals surface area contributed by atoms with Crippen molar-refractivity contribution in [1.29, 1.82) is 0 Å². The highest BCUT2D eigenvalue weighted by atomic mass is 16.5. The summed E-state index contributed by atoms with van der Waals surface area (Å²) in [7, 11) is 0. The SMILES string of the molecule is C1=Cc2c(c(Oc3ccncc3)c3ccncc3c2N(c2ccccc2)c2ccccc2)CN1. The van der Waals surface area contributed by atoms with Gasteiger partial charge in [-0.05, 0) is 54.7 Å². The van der Waals surface area contributed by atoms with E-state index in [2.05, 4.69) is 74.8 Å². The van der Waals surface area contributed by atoms with Gasteiger partial charge in [0.1, 0.15) is 11.5 Å². The van der Waals surface area contributed by atoms with Gasteiger partial charge >= 0.3 is 0 Å².